The van der Waals surface area contributed by atoms with E-state index in [1.165, 1.54) is 38.5 Å². The third-order valence-corrected chi connectivity index (χ3v) is 6.27. The lowest BCUT2D eigenvalue weighted by Gasteiger charge is -2.32. The van der Waals surface area contributed by atoms with E-state index in [-0.39, 0.29) is 6.10 Å². The number of unbranched alkanes of at least 4 members (excludes halogenated alkanes) is 5. The molecule has 0 bridgehead atoms. The van der Waals surface area contributed by atoms with Crippen LogP contribution in [-0.2, 0) is 17.7 Å². The average molecular weight is 364 g/mol. The topological polar surface area (TPSA) is 40.2 Å². The fourth-order valence-electron chi connectivity index (χ4n) is 2.71. The molecule has 5 nitrogen and oxygen atoms in total. The molecule has 0 fully saturated rings. The van der Waals surface area contributed by atoms with Crippen LogP contribution < -0.4 is 0 Å². The van der Waals surface area contributed by atoms with Crippen molar-refractivity contribution in [1.29, 1.82) is 0 Å². The molecule has 146 valence electrons. The molecule has 1 atom stereocenters. The van der Waals surface area contributed by atoms with Gasteiger partial charge in [-0.15, -0.1) is 0 Å². The van der Waals surface area contributed by atoms with Crippen molar-refractivity contribution in [3.05, 3.63) is 0 Å². The van der Waals surface area contributed by atoms with Gasteiger partial charge in [-0.3, -0.25) is 0 Å². The second-order valence-corrected chi connectivity index (χ2v) is 8.46. The van der Waals surface area contributed by atoms with Gasteiger partial charge in [0.15, 0.2) is 0 Å². The first-order valence-corrected chi connectivity index (χ1v) is 11.4. The second kappa shape index (κ2) is 15.3. The zero-order valence-electron chi connectivity index (χ0n) is 16.9. The van der Waals surface area contributed by atoms with E-state index in [4.69, 9.17) is 17.7 Å². The lowest BCUT2D eigenvalue weighted by atomic mass is 10.1. The van der Waals surface area contributed by atoms with Gasteiger partial charge < -0.3 is 22.6 Å². The molecule has 0 aliphatic carbocycles. The van der Waals surface area contributed by atoms with Gasteiger partial charge in [0.2, 0.25) is 0 Å². The van der Waals surface area contributed by atoms with E-state index in [2.05, 4.69) is 25.9 Å². The van der Waals surface area contributed by atoms with Gasteiger partial charge in [-0.2, -0.15) is 0 Å². The number of rotatable bonds is 17. The molecule has 0 spiro atoms. The molecule has 0 rings (SSSR count). The van der Waals surface area contributed by atoms with E-state index in [1.54, 1.807) is 0 Å². The summed E-state index contributed by atoms with van der Waals surface area (Å²) in [6.45, 7) is 10.6. The molecular weight excluding hydrogens is 322 g/mol. The minimum Gasteiger partial charge on any atom is -0.351 e. The molecule has 0 heterocycles. The Morgan fingerprint density at radius 3 is 1.71 bits per heavy atom. The summed E-state index contributed by atoms with van der Waals surface area (Å²) in [6.07, 6.45) is 8.83. The molecule has 0 aromatic carbocycles. The summed E-state index contributed by atoms with van der Waals surface area (Å²) in [5.74, 6) is 0. The van der Waals surface area contributed by atoms with Crippen LogP contribution in [0.25, 0.3) is 0 Å². The predicted molar refractivity (Wildman–Crippen MR) is 102 cm³/mol. The van der Waals surface area contributed by atoms with Crippen molar-refractivity contribution in [3.8, 4) is 0 Å². The highest BCUT2D eigenvalue weighted by atomic mass is 28.4. The summed E-state index contributed by atoms with van der Waals surface area (Å²) in [7, 11) is 1.11. The third-order valence-electron chi connectivity index (χ3n) is 3.72. The zero-order chi connectivity index (χ0) is 18.3. The van der Waals surface area contributed by atoms with Crippen LogP contribution in [0.15, 0.2) is 0 Å². The van der Waals surface area contributed by atoms with Crippen LogP contribution in [0, 0.1) is 0 Å². The highest BCUT2D eigenvalue weighted by Crippen LogP contribution is 2.19. The zero-order valence-corrected chi connectivity index (χ0v) is 17.9. The molecule has 0 aromatic heterocycles. The van der Waals surface area contributed by atoms with Crippen LogP contribution in [0.2, 0.25) is 0 Å². The van der Waals surface area contributed by atoms with Crippen LogP contribution >= 0.6 is 0 Å². The Morgan fingerprint density at radius 2 is 1.25 bits per heavy atom. The van der Waals surface area contributed by atoms with Crippen molar-refractivity contribution in [2.24, 2.45) is 0 Å². The van der Waals surface area contributed by atoms with Gasteiger partial charge in [0.05, 0.1) is 6.10 Å². The average Bonchev–Trinajstić information content (AvgIpc) is 2.50. The standard InChI is InChI=1S/C18H41NO4Si/c1-7-11-12-13-14-15-16-18(17-19(5)6)23-24(20-8-2,21-9-3)22-10-4/h18H,7-17H2,1-6H3. The Hall–Kier alpha value is 0.0169. The Morgan fingerprint density at radius 1 is 0.750 bits per heavy atom. The molecule has 0 amide bonds. The van der Waals surface area contributed by atoms with Gasteiger partial charge in [-0.25, -0.2) is 0 Å². The Balaban J connectivity index is 4.61. The Kier molecular flexibility index (Phi) is 15.3. The quantitative estimate of drug-likeness (QED) is 0.286. The lowest BCUT2D eigenvalue weighted by Crippen LogP contribution is -2.53. The summed E-state index contributed by atoms with van der Waals surface area (Å²) in [5, 5.41) is 0. The number of hydrogen-bond donors (Lipinski definition) is 0. The van der Waals surface area contributed by atoms with E-state index in [9.17, 15) is 0 Å². The fraction of sp³-hybridized carbons (Fsp3) is 1.00. The molecule has 0 radical (unpaired) electrons. The van der Waals surface area contributed by atoms with Gasteiger partial charge in [-0.1, -0.05) is 45.4 Å². The maximum absolute atomic E-state index is 6.33. The number of nitrogens with zero attached hydrogens (tertiary/aromatic N) is 1. The first-order valence-electron chi connectivity index (χ1n) is 9.77. The number of likely N-dealkylation sites (N-methyl/N-ethyl adjacent to an activating group) is 1. The Labute approximate surface area is 151 Å². The monoisotopic (exact) mass is 363 g/mol. The Bertz CT molecular complexity index is 263. The third kappa shape index (κ3) is 11.6. The van der Waals surface area contributed by atoms with Crippen molar-refractivity contribution < 1.29 is 17.7 Å². The van der Waals surface area contributed by atoms with Crippen molar-refractivity contribution >= 4 is 9.05 Å². The van der Waals surface area contributed by atoms with Crippen LogP contribution in [0.5, 0.6) is 0 Å². The maximum atomic E-state index is 6.33. The molecule has 0 aliphatic rings. The van der Waals surface area contributed by atoms with Gasteiger partial charge in [0.1, 0.15) is 0 Å². The van der Waals surface area contributed by atoms with Crippen LogP contribution in [0.3, 0.4) is 0 Å². The van der Waals surface area contributed by atoms with Gasteiger partial charge in [0.25, 0.3) is 0 Å². The molecule has 6 heteroatoms. The van der Waals surface area contributed by atoms with Crippen molar-refractivity contribution in [1.82, 2.24) is 4.90 Å². The van der Waals surface area contributed by atoms with Crippen LogP contribution in [0.1, 0.15) is 72.6 Å². The van der Waals surface area contributed by atoms with E-state index < -0.39 is 9.05 Å². The maximum Gasteiger partial charge on any atom is 0.679 e. The SMILES string of the molecule is CCCCCCCCC(CN(C)C)O[Si](OCC)(OCC)OCC. The first kappa shape index (κ1) is 24.0. The lowest BCUT2D eigenvalue weighted by molar-refractivity contribution is -0.0562. The predicted octanol–water partition coefficient (Wildman–Crippen LogP) is 4.23. The summed E-state index contributed by atoms with van der Waals surface area (Å²) in [5.41, 5.74) is 0. The molecule has 0 saturated heterocycles. The smallest absolute Gasteiger partial charge is 0.351 e. The largest absolute Gasteiger partial charge is 0.679 e. The highest BCUT2D eigenvalue weighted by Gasteiger charge is 2.47. The summed E-state index contributed by atoms with van der Waals surface area (Å²) >= 11 is 0. The number of hydrogen-bond acceptors (Lipinski definition) is 5. The van der Waals surface area contributed by atoms with Crippen LogP contribution in [-0.4, -0.2) is 60.5 Å². The molecule has 1 unspecified atom stereocenters. The van der Waals surface area contributed by atoms with E-state index in [0.717, 1.165) is 13.0 Å². The molecule has 0 saturated carbocycles. The van der Waals surface area contributed by atoms with E-state index >= 15 is 0 Å². The van der Waals surface area contributed by atoms with Crippen molar-refractivity contribution in [3.63, 3.8) is 0 Å². The van der Waals surface area contributed by atoms with E-state index in [0.29, 0.717) is 19.8 Å². The van der Waals surface area contributed by atoms with Crippen LogP contribution in [0.4, 0.5) is 0 Å². The molecule has 0 aromatic rings. The van der Waals surface area contributed by atoms with Crippen molar-refractivity contribution in [2.75, 3.05) is 40.5 Å². The minimum absolute atomic E-state index is 0.0856. The summed E-state index contributed by atoms with van der Waals surface area (Å²) in [4.78, 5) is 2.16. The van der Waals surface area contributed by atoms with Gasteiger partial charge in [0, 0.05) is 26.4 Å². The molecule has 0 aliphatic heterocycles. The summed E-state index contributed by atoms with van der Waals surface area (Å²) < 4.78 is 23.8. The normalized spacial score (nSPS) is 13.6. The van der Waals surface area contributed by atoms with Gasteiger partial charge >= 0.3 is 9.05 Å². The van der Waals surface area contributed by atoms with E-state index in [1.807, 2.05) is 20.8 Å². The summed E-state index contributed by atoms with van der Waals surface area (Å²) in [6, 6.07) is 0. The van der Waals surface area contributed by atoms with Gasteiger partial charge in [-0.05, 0) is 41.3 Å². The molecule has 24 heavy (non-hydrogen) atoms. The molecular formula is C18H41NO4Si. The van der Waals surface area contributed by atoms with Crippen molar-refractivity contribution in [2.45, 2.75) is 78.7 Å². The first-order chi connectivity index (χ1) is 11.5. The highest BCUT2D eigenvalue weighted by molar-refractivity contribution is 6.53. The minimum atomic E-state index is -3.03. The molecule has 0 N–H and O–H groups in total. The second-order valence-electron chi connectivity index (χ2n) is 6.36. The fourth-order valence-corrected chi connectivity index (χ4v) is 4.82.